The molecule has 0 radical (unpaired) electrons. The molecule has 1 aromatic rings. The molecule has 0 spiro atoms. The molecule has 122 valence electrons. The number of amides is 2. The van der Waals surface area contributed by atoms with Gasteiger partial charge in [0, 0.05) is 43.6 Å². The quantitative estimate of drug-likeness (QED) is 0.629. The summed E-state index contributed by atoms with van der Waals surface area (Å²) in [6, 6.07) is 3.96. The maximum absolute atomic E-state index is 12.3. The number of rotatable bonds is 4. The van der Waals surface area contributed by atoms with Crippen molar-refractivity contribution < 1.29 is 9.59 Å². The van der Waals surface area contributed by atoms with Crippen LogP contribution in [-0.2, 0) is 9.59 Å². The largest absolute Gasteiger partial charge is 0.339 e. The van der Waals surface area contributed by atoms with E-state index in [2.05, 4.69) is 12.2 Å². The van der Waals surface area contributed by atoms with Crippen LogP contribution < -0.4 is 0 Å². The first kappa shape index (κ1) is 16.0. The van der Waals surface area contributed by atoms with Crippen LogP contribution in [0.4, 0.5) is 0 Å². The Balaban J connectivity index is 1.45. The molecule has 1 fully saturated rings. The van der Waals surface area contributed by atoms with Gasteiger partial charge in [0.1, 0.15) is 0 Å². The summed E-state index contributed by atoms with van der Waals surface area (Å²) >= 11 is 1.61. The molecule has 1 unspecified atom stereocenters. The average Bonchev–Trinajstić information content (AvgIpc) is 3.26. The van der Waals surface area contributed by atoms with Crippen LogP contribution in [0.15, 0.2) is 35.7 Å². The van der Waals surface area contributed by atoms with E-state index >= 15 is 0 Å². The molecule has 3 rings (SSSR count). The first-order valence-electron chi connectivity index (χ1n) is 8.17. The Bertz CT molecular complexity index is 599. The first-order valence-corrected chi connectivity index (χ1v) is 9.05. The summed E-state index contributed by atoms with van der Waals surface area (Å²) in [5.41, 5.74) is 0. The van der Waals surface area contributed by atoms with Gasteiger partial charge in [-0.2, -0.15) is 0 Å². The van der Waals surface area contributed by atoms with Crippen LogP contribution in [0.5, 0.6) is 0 Å². The van der Waals surface area contributed by atoms with Gasteiger partial charge in [0.2, 0.25) is 11.8 Å². The molecule has 2 aliphatic rings. The Labute approximate surface area is 141 Å². The average molecular weight is 330 g/mol. The summed E-state index contributed by atoms with van der Waals surface area (Å²) in [6.45, 7) is 2.54. The highest BCUT2D eigenvalue weighted by Gasteiger charge is 2.24. The SMILES string of the molecule is O=C(/C=C/c1cccs1)N1CCN(C(=O)CC2C=CCC2)CC1. The molecule has 2 heterocycles. The standard InChI is InChI=1S/C18H22N2O2S/c21-17(8-7-16-6-3-13-23-16)19-9-11-20(12-10-19)18(22)14-15-4-1-2-5-15/h1,3-4,6-8,13,15H,2,5,9-12,14H2/b8-7+. The highest BCUT2D eigenvalue weighted by molar-refractivity contribution is 7.10. The van der Waals surface area contributed by atoms with E-state index in [1.54, 1.807) is 17.4 Å². The zero-order valence-corrected chi connectivity index (χ0v) is 14.0. The fourth-order valence-electron chi connectivity index (χ4n) is 3.04. The van der Waals surface area contributed by atoms with Crippen molar-refractivity contribution in [3.8, 4) is 0 Å². The minimum absolute atomic E-state index is 0.0317. The second kappa shape index (κ2) is 7.59. The maximum atomic E-state index is 12.3. The lowest BCUT2D eigenvalue weighted by Gasteiger charge is -2.34. The molecule has 0 saturated carbocycles. The molecule has 1 aromatic heterocycles. The highest BCUT2D eigenvalue weighted by atomic mass is 32.1. The molecule has 4 nitrogen and oxygen atoms in total. The number of hydrogen-bond acceptors (Lipinski definition) is 3. The Hall–Kier alpha value is -1.88. The summed E-state index contributed by atoms with van der Waals surface area (Å²) in [6.07, 6.45) is 10.6. The van der Waals surface area contributed by atoms with Gasteiger partial charge in [0.15, 0.2) is 0 Å². The third kappa shape index (κ3) is 4.32. The lowest BCUT2D eigenvalue weighted by atomic mass is 10.0. The van der Waals surface area contributed by atoms with Crippen LogP contribution in [0, 0.1) is 5.92 Å². The lowest BCUT2D eigenvalue weighted by Crippen LogP contribution is -2.50. The number of nitrogens with zero attached hydrogens (tertiary/aromatic N) is 2. The van der Waals surface area contributed by atoms with Gasteiger partial charge >= 0.3 is 0 Å². The fraction of sp³-hybridized carbons (Fsp3) is 0.444. The van der Waals surface area contributed by atoms with Crippen LogP contribution in [0.1, 0.15) is 24.1 Å². The van der Waals surface area contributed by atoms with Crippen molar-refractivity contribution in [2.45, 2.75) is 19.3 Å². The summed E-state index contributed by atoms with van der Waals surface area (Å²) in [5.74, 6) is 0.669. The van der Waals surface area contributed by atoms with Gasteiger partial charge in [-0.25, -0.2) is 0 Å². The van der Waals surface area contributed by atoms with Crippen molar-refractivity contribution in [3.63, 3.8) is 0 Å². The minimum atomic E-state index is 0.0317. The zero-order valence-electron chi connectivity index (χ0n) is 13.2. The molecule has 1 aliphatic carbocycles. The van der Waals surface area contributed by atoms with Crippen molar-refractivity contribution in [2.24, 2.45) is 5.92 Å². The van der Waals surface area contributed by atoms with Crippen molar-refractivity contribution in [3.05, 3.63) is 40.6 Å². The van der Waals surface area contributed by atoms with Gasteiger partial charge in [0.05, 0.1) is 0 Å². The smallest absolute Gasteiger partial charge is 0.246 e. The summed E-state index contributed by atoms with van der Waals surface area (Å²) in [7, 11) is 0. The van der Waals surface area contributed by atoms with E-state index in [-0.39, 0.29) is 11.8 Å². The Kier molecular flexibility index (Phi) is 5.28. The van der Waals surface area contributed by atoms with Crippen LogP contribution in [0.3, 0.4) is 0 Å². The molecule has 0 aromatic carbocycles. The molecular weight excluding hydrogens is 308 g/mol. The van der Waals surface area contributed by atoms with Gasteiger partial charge in [-0.15, -0.1) is 11.3 Å². The summed E-state index contributed by atoms with van der Waals surface area (Å²) in [4.78, 5) is 29.3. The highest BCUT2D eigenvalue weighted by Crippen LogP contribution is 2.21. The van der Waals surface area contributed by atoms with Gasteiger partial charge in [0.25, 0.3) is 0 Å². The van der Waals surface area contributed by atoms with E-state index < -0.39 is 0 Å². The number of allylic oxidation sites excluding steroid dienone is 2. The van der Waals surface area contributed by atoms with Crippen molar-refractivity contribution >= 4 is 29.2 Å². The molecule has 0 N–H and O–H groups in total. The van der Waals surface area contributed by atoms with Crippen LogP contribution in [-0.4, -0.2) is 47.8 Å². The van der Waals surface area contributed by atoms with E-state index in [0.717, 1.165) is 17.7 Å². The normalized spacial score (nSPS) is 21.3. The predicted octanol–water partition coefficient (Wildman–Crippen LogP) is 2.79. The van der Waals surface area contributed by atoms with E-state index in [4.69, 9.17) is 0 Å². The molecule has 1 atom stereocenters. The number of piperazine rings is 1. The molecule has 0 bridgehead atoms. The Morgan fingerprint density at radius 3 is 2.65 bits per heavy atom. The van der Waals surface area contributed by atoms with Gasteiger partial charge in [-0.1, -0.05) is 18.2 Å². The summed E-state index contributed by atoms with van der Waals surface area (Å²) < 4.78 is 0. The molecule has 1 aliphatic heterocycles. The number of carbonyl (C=O) groups excluding carboxylic acids is 2. The van der Waals surface area contributed by atoms with Gasteiger partial charge < -0.3 is 9.80 Å². The summed E-state index contributed by atoms with van der Waals surface area (Å²) in [5, 5.41) is 1.99. The van der Waals surface area contributed by atoms with Crippen LogP contribution >= 0.6 is 11.3 Å². The van der Waals surface area contributed by atoms with Crippen LogP contribution in [0.2, 0.25) is 0 Å². The Morgan fingerprint density at radius 2 is 2.00 bits per heavy atom. The van der Waals surface area contributed by atoms with E-state index in [1.807, 2.05) is 33.4 Å². The van der Waals surface area contributed by atoms with Crippen LogP contribution in [0.25, 0.3) is 6.08 Å². The molecule has 2 amide bonds. The van der Waals surface area contributed by atoms with Gasteiger partial charge in [-0.3, -0.25) is 9.59 Å². The first-order chi connectivity index (χ1) is 11.2. The third-order valence-corrected chi connectivity index (χ3v) is 5.26. The number of hydrogen-bond donors (Lipinski definition) is 0. The topological polar surface area (TPSA) is 40.6 Å². The molecule has 1 saturated heterocycles. The Morgan fingerprint density at radius 1 is 1.22 bits per heavy atom. The monoisotopic (exact) mass is 330 g/mol. The van der Waals surface area contributed by atoms with Gasteiger partial charge in [-0.05, 0) is 36.3 Å². The van der Waals surface area contributed by atoms with E-state index in [1.165, 1.54) is 0 Å². The molecule has 23 heavy (non-hydrogen) atoms. The number of carbonyl (C=O) groups is 2. The maximum Gasteiger partial charge on any atom is 0.246 e. The third-order valence-electron chi connectivity index (χ3n) is 4.43. The fourth-order valence-corrected chi connectivity index (χ4v) is 3.66. The van der Waals surface area contributed by atoms with E-state index in [9.17, 15) is 9.59 Å². The van der Waals surface area contributed by atoms with Crippen molar-refractivity contribution in [1.82, 2.24) is 9.80 Å². The number of thiophene rings is 1. The second-order valence-corrected chi connectivity index (χ2v) is 7.00. The van der Waals surface area contributed by atoms with Crippen molar-refractivity contribution in [1.29, 1.82) is 0 Å². The predicted molar refractivity (Wildman–Crippen MR) is 93.0 cm³/mol. The molecule has 5 heteroatoms. The van der Waals surface area contributed by atoms with E-state index in [0.29, 0.717) is 38.5 Å². The molecular formula is C18H22N2O2S. The zero-order chi connectivity index (χ0) is 16.1. The van der Waals surface area contributed by atoms with Crippen molar-refractivity contribution in [2.75, 3.05) is 26.2 Å². The minimum Gasteiger partial charge on any atom is -0.339 e. The lowest BCUT2D eigenvalue weighted by molar-refractivity contribution is -0.137. The second-order valence-electron chi connectivity index (χ2n) is 6.02.